The van der Waals surface area contributed by atoms with Gasteiger partial charge in [-0.1, -0.05) is 35.9 Å². The molecule has 15 heteroatoms. The van der Waals surface area contributed by atoms with E-state index in [4.69, 9.17) is 25.8 Å². The fraction of sp³-hybridized carbons (Fsp3) is 0.438. The molecule has 2 aromatic carbocycles. The number of thiophene rings is 1. The molecule has 0 bridgehead atoms. The number of esters is 2. The summed E-state index contributed by atoms with van der Waals surface area (Å²) < 4.78 is 44.0. The van der Waals surface area contributed by atoms with E-state index in [2.05, 4.69) is 4.90 Å². The Hall–Kier alpha value is -3.72. The number of rotatable bonds is 12. The molecule has 3 aromatic rings. The lowest BCUT2D eigenvalue weighted by molar-refractivity contribution is -0.384. The quantitative estimate of drug-likeness (QED) is 0.119. The average Bonchev–Trinajstić information content (AvgIpc) is 3.35. The van der Waals surface area contributed by atoms with Crippen LogP contribution in [0.3, 0.4) is 0 Å². The number of anilines is 1. The van der Waals surface area contributed by atoms with Gasteiger partial charge >= 0.3 is 11.9 Å². The largest absolute Gasteiger partial charge is 0.479 e. The van der Waals surface area contributed by atoms with Crippen LogP contribution in [-0.4, -0.2) is 74.6 Å². The van der Waals surface area contributed by atoms with Gasteiger partial charge in [-0.05, 0) is 63.8 Å². The van der Waals surface area contributed by atoms with E-state index in [1.54, 1.807) is 33.8 Å². The molecule has 0 amide bonds. The number of carbonyl (C=O) groups excluding carboxylic acids is 2. The predicted molar refractivity (Wildman–Crippen MR) is 181 cm³/mol. The van der Waals surface area contributed by atoms with E-state index in [-0.39, 0.29) is 39.7 Å². The highest BCUT2D eigenvalue weighted by Crippen LogP contribution is 2.47. The Kier molecular flexibility index (Phi) is 11.5. The summed E-state index contributed by atoms with van der Waals surface area (Å²) in [6.45, 7) is 7.29. The van der Waals surface area contributed by atoms with E-state index in [1.165, 1.54) is 22.5 Å². The van der Waals surface area contributed by atoms with Crippen molar-refractivity contribution in [3.05, 3.63) is 74.1 Å². The molecule has 0 N–H and O–H groups in total. The number of benzene rings is 2. The number of piperidine rings is 1. The standard InChI is InChI=1S/C32H38ClN3O9S2/c1-6-43-26(37)19-44-28-27(33)29(46-30(28)31(38)45-32(2,3)4)22-10-8-11-24(18-22)34(5)23-13-15-35(16-14-23)47(41,42)20-21-9-7-12-25(17-21)36(39)40/h7-12,17-18,23H,6,13-16,19-20H2,1-5H3. The Labute approximate surface area is 283 Å². The summed E-state index contributed by atoms with van der Waals surface area (Å²) in [5, 5.41) is 11.3. The number of hydrogen-bond donors (Lipinski definition) is 0. The molecule has 1 saturated heterocycles. The summed E-state index contributed by atoms with van der Waals surface area (Å²) in [6.07, 6.45) is 1.15. The normalized spacial score (nSPS) is 14.4. The Morgan fingerprint density at radius 2 is 1.81 bits per heavy atom. The molecule has 0 saturated carbocycles. The van der Waals surface area contributed by atoms with E-state index in [0.29, 0.717) is 36.4 Å². The number of hydrogen-bond acceptors (Lipinski definition) is 11. The molecule has 1 fully saturated rings. The Balaban J connectivity index is 1.50. The van der Waals surface area contributed by atoms with Gasteiger partial charge in [0, 0.05) is 44.0 Å². The van der Waals surface area contributed by atoms with Gasteiger partial charge in [-0.3, -0.25) is 10.1 Å². The maximum absolute atomic E-state index is 13.1. The average molecular weight is 708 g/mol. The van der Waals surface area contributed by atoms with Crippen molar-refractivity contribution < 1.29 is 37.1 Å². The molecular formula is C32H38ClN3O9S2. The molecular weight excluding hydrogens is 670 g/mol. The summed E-state index contributed by atoms with van der Waals surface area (Å²) in [6, 6.07) is 13.3. The number of sulfonamides is 1. The molecule has 1 aliphatic heterocycles. The summed E-state index contributed by atoms with van der Waals surface area (Å²) in [7, 11) is -1.74. The van der Waals surface area contributed by atoms with Crippen molar-refractivity contribution in [1.29, 1.82) is 0 Å². The second-order valence-corrected chi connectivity index (χ2v) is 15.3. The van der Waals surface area contributed by atoms with E-state index < -0.39 is 39.1 Å². The number of halogens is 1. The first-order chi connectivity index (χ1) is 22.1. The fourth-order valence-corrected chi connectivity index (χ4v) is 8.14. The Bertz CT molecular complexity index is 1730. The van der Waals surface area contributed by atoms with Crippen LogP contribution in [0.2, 0.25) is 5.02 Å². The summed E-state index contributed by atoms with van der Waals surface area (Å²) in [5.74, 6) is -1.49. The lowest BCUT2D eigenvalue weighted by Gasteiger charge is -2.37. The van der Waals surface area contributed by atoms with Gasteiger partial charge in [0.2, 0.25) is 10.0 Å². The highest BCUT2D eigenvalue weighted by atomic mass is 35.5. The van der Waals surface area contributed by atoms with Crippen LogP contribution in [0.4, 0.5) is 11.4 Å². The molecule has 47 heavy (non-hydrogen) atoms. The van der Waals surface area contributed by atoms with Gasteiger partial charge in [0.25, 0.3) is 5.69 Å². The molecule has 4 rings (SSSR count). The maximum atomic E-state index is 13.1. The van der Waals surface area contributed by atoms with Gasteiger partial charge in [0.1, 0.15) is 10.6 Å². The third-order valence-electron chi connectivity index (χ3n) is 7.38. The molecule has 1 aliphatic rings. The first-order valence-electron chi connectivity index (χ1n) is 15.0. The number of nitrogens with zero attached hydrogens (tertiary/aromatic N) is 3. The van der Waals surface area contributed by atoms with E-state index >= 15 is 0 Å². The molecule has 2 heterocycles. The molecule has 12 nitrogen and oxygen atoms in total. The molecule has 0 spiro atoms. The minimum Gasteiger partial charge on any atom is -0.479 e. The van der Waals surface area contributed by atoms with Crippen molar-refractivity contribution in [3.63, 3.8) is 0 Å². The van der Waals surface area contributed by atoms with Gasteiger partial charge in [0.05, 0.1) is 22.2 Å². The van der Waals surface area contributed by atoms with Crippen LogP contribution in [0.1, 0.15) is 55.8 Å². The van der Waals surface area contributed by atoms with Crippen LogP contribution in [0.25, 0.3) is 10.4 Å². The van der Waals surface area contributed by atoms with Gasteiger partial charge in [-0.25, -0.2) is 22.3 Å². The van der Waals surface area contributed by atoms with Gasteiger partial charge < -0.3 is 19.1 Å². The van der Waals surface area contributed by atoms with Crippen LogP contribution < -0.4 is 9.64 Å². The number of non-ortho nitro benzene ring substituents is 1. The summed E-state index contributed by atoms with van der Waals surface area (Å²) >= 11 is 7.88. The van der Waals surface area contributed by atoms with Crippen molar-refractivity contribution in [3.8, 4) is 16.2 Å². The first-order valence-corrected chi connectivity index (χ1v) is 17.8. The lowest BCUT2D eigenvalue weighted by atomic mass is 10.0. The number of carbonyl (C=O) groups is 2. The third kappa shape index (κ3) is 9.21. The van der Waals surface area contributed by atoms with Gasteiger partial charge in [-0.2, -0.15) is 0 Å². The fourth-order valence-electron chi connectivity index (χ4n) is 5.15. The van der Waals surface area contributed by atoms with Crippen LogP contribution in [0.5, 0.6) is 5.75 Å². The molecule has 0 atom stereocenters. The number of nitro groups is 1. The van der Waals surface area contributed by atoms with Crippen molar-refractivity contribution in [2.24, 2.45) is 0 Å². The first kappa shape index (κ1) is 36.1. The van der Waals surface area contributed by atoms with Crippen molar-refractivity contribution in [1.82, 2.24) is 4.31 Å². The van der Waals surface area contributed by atoms with E-state index in [1.807, 2.05) is 31.3 Å². The zero-order valence-electron chi connectivity index (χ0n) is 26.9. The highest BCUT2D eigenvalue weighted by molar-refractivity contribution is 7.88. The molecule has 0 unspecified atom stereocenters. The number of ether oxygens (including phenoxy) is 3. The minimum absolute atomic E-state index is 0.0362. The summed E-state index contributed by atoms with van der Waals surface area (Å²) in [4.78, 5) is 38.5. The Morgan fingerprint density at radius 3 is 2.45 bits per heavy atom. The van der Waals surface area contributed by atoms with Crippen LogP contribution >= 0.6 is 22.9 Å². The van der Waals surface area contributed by atoms with Gasteiger partial charge in [0.15, 0.2) is 17.2 Å². The van der Waals surface area contributed by atoms with Crippen molar-refractivity contribution in [2.75, 3.05) is 38.3 Å². The van der Waals surface area contributed by atoms with E-state index in [9.17, 15) is 28.1 Å². The second kappa shape index (κ2) is 15.0. The minimum atomic E-state index is -3.67. The molecule has 0 aliphatic carbocycles. The van der Waals surface area contributed by atoms with E-state index in [0.717, 1.165) is 22.6 Å². The SMILES string of the molecule is CCOC(=O)COc1c(C(=O)OC(C)(C)C)sc(-c2cccc(N(C)C3CCN(S(=O)(=O)Cc4cccc([N+](=O)[O-])c4)CC3)c2)c1Cl. The monoisotopic (exact) mass is 707 g/mol. The number of nitro benzene ring substituents is 1. The topological polar surface area (TPSA) is 146 Å². The van der Waals surface area contributed by atoms with Crippen LogP contribution in [0.15, 0.2) is 48.5 Å². The van der Waals surface area contributed by atoms with Crippen LogP contribution in [0, 0.1) is 10.1 Å². The highest BCUT2D eigenvalue weighted by Gasteiger charge is 2.32. The zero-order valence-corrected chi connectivity index (χ0v) is 29.2. The smallest absolute Gasteiger partial charge is 0.352 e. The van der Waals surface area contributed by atoms with Crippen molar-refractivity contribution in [2.45, 2.75) is 57.9 Å². The third-order valence-corrected chi connectivity index (χ3v) is 10.9. The zero-order chi connectivity index (χ0) is 34.5. The van der Waals surface area contributed by atoms with Crippen LogP contribution in [-0.2, 0) is 30.0 Å². The molecule has 254 valence electrons. The second-order valence-electron chi connectivity index (χ2n) is 12.0. The maximum Gasteiger partial charge on any atom is 0.352 e. The molecule has 1 aromatic heterocycles. The van der Waals surface area contributed by atoms with Gasteiger partial charge in [-0.15, -0.1) is 11.3 Å². The predicted octanol–water partition coefficient (Wildman–Crippen LogP) is 6.30. The Morgan fingerprint density at radius 1 is 1.13 bits per heavy atom. The lowest BCUT2D eigenvalue weighted by Crippen LogP contribution is -2.45. The van der Waals surface area contributed by atoms with Crippen molar-refractivity contribution >= 4 is 56.3 Å². The molecule has 0 radical (unpaired) electrons. The summed E-state index contributed by atoms with van der Waals surface area (Å²) in [5.41, 5.74) is 1.03.